The maximum absolute atomic E-state index is 5.74. The van der Waals surface area contributed by atoms with Gasteiger partial charge < -0.3 is 0 Å². The van der Waals surface area contributed by atoms with Crippen LogP contribution in [0.15, 0.2) is 28.1 Å². The van der Waals surface area contributed by atoms with Crippen molar-refractivity contribution in [2.75, 3.05) is 0 Å². The monoisotopic (exact) mass is 324 g/mol. The first kappa shape index (κ1) is 13.7. The minimum Gasteiger partial charge on any atom is -0.271 e. The summed E-state index contributed by atoms with van der Waals surface area (Å²) < 4.78 is 1.10. The van der Waals surface area contributed by atoms with E-state index in [1.54, 1.807) is 11.3 Å². The molecule has 2 rings (SSSR count). The molecule has 0 aliphatic carbocycles. The molecule has 1 unspecified atom stereocenters. The molecule has 2 nitrogen and oxygen atoms in total. The molecule has 0 aliphatic heterocycles. The van der Waals surface area contributed by atoms with E-state index in [1.165, 1.54) is 27.1 Å². The van der Waals surface area contributed by atoms with Gasteiger partial charge in [-0.2, -0.15) is 0 Å². The summed E-state index contributed by atoms with van der Waals surface area (Å²) in [5, 5.41) is 2.08. The van der Waals surface area contributed by atoms with Crippen LogP contribution in [0.2, 0.25) is 0 Å². The highest BCUT2D eigenvalue weighted by atomic mass is 79.9. The summed E-state index contributed by atoms with van der Waals surface area (Å²) in [5.74, 6) is 5.74. The van der Waals surface area contributed by atoms with Crippen LogP contribution in [0.3, 0.4) is 0 Å². The van der Waals surface area contributed by atoms with Gasteiger partial charge in [0, 0.05) is 14.7 Å². The van der Waals surface area contributed by atoms with Gasteiger partial charge in [-0.25, -0.2) is 5.43 Å². The van der Waals surface area contributed by atoms with Crippen molar-refractivity contribution >= 4 is 27.3 Å². The van der Waals surface area contributed by atoms with Gasteiger partial charge in [-0.1, -0.05) is 12.1 Å². The van der Waals surface area contributed by atoms with Crippen molar-refractivity contribution in [1.29, 1.82) is 0 Å². The molecule has 0 saturated carbocycles. The third kappa shape index (κ3) is 2.67. The average molecular weight is 325 g/mol. The van der Waals surface area contributed by atoms with Gasteiger partial charge in [-0.15, -0.1) is 11.3 Å². The Kier molecular flexibility index (Phi) is 4.22. The van der Waals surface area contributed by atoms with Crippen molar-refractivity contribution in [3.63, 3.8) is 0 Å². The van der Waals surface area contributed by atoms with Crippen molar-refractivity contribution in [1.82, 2.24) is 5.43 Å². The molecule has 18 heavy (non-hydrogen) atoms. The first-order valence-electron chi connectivity index (χ1n) is 5.80. The van der Waals surface area contributed by atoms with E-state index >= 15 is 0 Å². The summed E-state index contributed by atoms with van der Waals surface area (Å²) in [6.45, 7) is 6.41. The second-order valence-electron chi connectivity index (χ2n) is 4.56. The van der Waals surface area contributed by atoms with Crippen LogP contribution in [0.25, 0.3) is 0 Å². The Morgan fingerprint density at radius 2 is 1.78 bits per heavy atom. The molecule has 4 heteroatoms. The molecule has 0 fully saturated rings. The van der Waals surface area contributed by atoms with Gasteiger partial charge in [0.1, 0.15) is 0 Å². The summed E-state index contributed by atoms with van der Waals surface area (Å²) in [5.41, 5.74) is 8.06. The highest BCUT2D eigenvalue weighted by Gasteiger charge is 2.17. The van der Waals surface area contributed by atoms with Crippen molar-refractivity contribution in [3.05, 3.63) is 55.2 Å². The number of halogens is 1. The molecule has 0 aliphatic rings. The van der Waals surface area contributed by atoms with E-state index in [2.05, 4.69) is 65.7 Å². The predicted molar refractivity (Wildman–Crippen MR) is 81.8 cm³/mol. The molecule has 1 aromatic heterocycles. The van der Waals surface area contributed by atoms with Crippen LogP contribution in [0.4, 0.5) is 0 Å². The Bertz CT molecular complexity index is 563. The van der Waals surface area contributed by atoms with Crippen LogP contribution in [-0.4, -0.2) is 0 Å². The van der Waals surface area contributed by atoms with Gasteiger partial charge in [0.25, 0.3) is 0 Å². The molecule has 0 bridgehead atoms. The van der Waals surface area contributed by atoms with Crippen molar-refractivity contribution < 1.29 is 0 Å². The highest BCUT2D eigenvalue weighted by molar-refractivity contribution is 9.10. The van der Waals surface area contributed by atoms with E-state index in [0.717, 1.165) is 4.47 Å². The standard InChI is InChI=1S/C14H17BrN2S/c1-8-4-10(3)12(5-9(8)2)14(17-16)13-6-11(15)7-18-13/h4-7,14,17H,16H2,1-3H3. The number of aryl methyl sites for hydroxylation is 3. The lowest BCUT2D eigenvalue weighted by molar-refractivity contribution is 0.642. The zero-order valence-electron chi connectivity index (χ0n) is 10.8. The molecule has 0 spiro atoms. The van der Waals surface area contributed by atoms with Crippen LogP contribution in [0.1, 0.15) is 33.2 Å². The van der Waals surface area contributed by atoms with Crippen LogP contribution in [0, 0.1) is 20.8 Å². The fraction of sp³-hybridized carbons (Fsp3) is 0.286. The zero-order valence-corrected chi connectivity index (χ0v) is 13.2. The first-order chi connectivity index (χ1) is 8.52. The molecule has 3 N–H and O–H groups in total. The number of nitrogens with two attached hydrogens (primary N) is 1. The minimum atomic E-state index is 0.0561. The van der Waals surface area contributed by atoms with Crippen LogP contribution in [0.5, 0.6) is 0 Å². The maximum Gasteiger partial charge on any atom is 0.0805 e. The molecule has 0 radical (unpaired) electrons. The quantitative estimate of drug-likeness (QED) is 0.661. The predicted octanol–water partition coefficient (Wildman–Crippen LogP) is 3.99. The third-order valence-electron chi connectivity index (χ3n) is 3.23. The van der Waals surface area contributed by atoms with Crippen LogP contribution < -0.4 is 11.3 Å². The van der Waals surface area contributed by atoms with Crippen LogP contribution >= 0.6 is 27.3 Å². The highest BCUT2D eigenvalue weighted by Crippen LogP contribution is 2.32. The van der Waals surface area contributed by atoms with E-state index in [9.17, 15) is 0 Å². The molecule has 0 saturated heterocycles. The fourth-order valence-electron chi connectivity index (χ4n) is 2.10. The summed E-state index contributed by atoms with van der Waals surface area (Å²) >= 11 is 5.20. The fourth-order valence-corrected chi connectivity index (χ4v) is 3.62. The van der Waals surface area contributed by atoms with E-state index in [0.29, 0.717) is 0 Å². The van der Waals surface area contributed by atoms with Crippen molar-refractivity contribution in [2.45, 2.75) is 26.8 Å². The second-order valence-corrected chi connectivity index (χ2v) is 6.42. The SMILES string of the molecule is Cc1cc(C)c(C(NN)c2cc(Br)cs2)cc1C. The number of thiophene rings is 1. The Balaban J connectivity index is 2.48. The summed E-state index contributed by atoms with van der Waals surface area (Å²) in [6.07, 6.45) is 0. The van der Waals surface area contributed by atoms with Gasteiger partial charge in [0.15, 0.2) is 0 Å². The number of hydrogen-bond acceptors (Lipinski definition) is 3. The molecular formula is C14H17BrN2S. The van der Waals surface area contributed by atoms with Gasteiger partial charge in [-0.3, -0.25) is 5.84 Å². The van der Waals surface area contributed by atoms with E-state index in [4.69, 9.17) is 5.84 Å². The summed E-state index contributed by atoms with van der Waals surface area (Å²) in [7, 11) is 0. The molecule has 0 amide bonds. The van der Waals surface area contributed by atoms with Gasteiger partial charge in [-0.05, 0) is 65.0 Å². The first-order valence-corrected chi connectivity index (χ1v) is 7.48. The number of hydrogen-bond donors (Lipinski definition) is 2. The van der Waals surface area contributed by atoms with Gasteiger partial charge in [0.2, 0.25) is 0 Å². The maximum atomic E-state index is 5.74. The van der Waals surface area contributed by atoms with Gasteiger partial charge >= 0.3 is 0 Å². The van der Waals surface area contributed by atoms with E-state index < -0.39 is 0 Å². The van der Waals surface area contributed by atoms with E-state index in [1.807, 2.05) is 0 Å². The largest absolute Gasteiger partial charge is 0.271 e. The van der Waals surface area contributed by atoms with Crippen molar-refractivity contribution in [3.8, 4) is 0 Å². The zero-order chi connectivity index (χ0) is 13.3. The molecule has 1 atom stereocenters. The topological polar surface area (TPSA) is 38.0 Å². The number of nitrogens with one attached hydrogen (secondary N) is 1. The number of rotatable bonds is 3. The normalized spacial score (nSPS) is 12.7. The Hall–Kier alpha value is -0.680. The van der Waals surface area contributed by atoms with Crippen molar-refractivity contribution in [2.24, 2.45) is 5.84 Å². The van der Waals surface area contributed by atoms with E-state index in [-0.39, 0.29) is 6.04 Å². The molecule has 1 heterocycles. The Morgan fingerprint density at radius 3 is 2.33 bits per heavy atom. The van der Waals surface area contributed by atoms with Gasteiger partial charge in [0.05, 0.1) is 6.04 Å². The molecule has 96 valence electrons. The minimum absolute atomic E-state index is 0.0561. The second kappa shape index (κ2) is 5.53. The number of hydrazine groups is 1. The lowest BCUT2D eigenvalue weighted by Crippen LogP contribution is -2.28. The third-order valence-corrected chi connectivity index (χ3v) is 4.99. The lowest BCUT2D eigenvalue weighted by Gasteiger charge is -2.19. The summed E-state index contributed by atoms with van der Waals surface area (Å²) in [6, 6.07) is 6.62. The molecule has 1 aromatic carbocycles. The molecular weight excluding hydrogens is 308 g/mol. The smallest absolute Gasteiger partial charge is 0.0805 e. The lowest BCUT2D eigenvalue weighted by atomic mass is 9.95. The Labute approximate surface area is 120 Å². The number of benzene rings is 1. The Morgan fingerprint density at radius 1 is 1.11 bits per heavy atom. The van der Waals surface area contributed by atoms with Crippen LogP contribution in [-0.2, 0) is 0 Å². The summed E-state index contributed by atoms with van der Waals surface area (Å²) in [4.78, 5) is 1.22. The average Bonchev–Trinajstić information content (AvgIpc) is 2.73. The molecule has 2 aromatic rings.